The van der Waals surface area contributed by atoms with Gasteiger partial charge in [-0.2, -0.15) is 0 Å². The Hall–Kier alpha value is -2.65. The Morgan fingerprint density at radius 3 is 2.50 bits per heavy atom. The predicted molar refractivity (Wildman–Crippen MR) is 125 cm³/mol. The smallest absolute Gasteiger partial charge is 0.0717 e. The topological polar surface area (TPSA) is 21.1 Å². The van der Waals surface area contributed by atoms with E-state index in [-0.39, 0.29) is 0 Å². The molecule has 4 aromatic rings. The molecule has 30 heavy (non-hydrogen) atoms. The fourth-order valence-electron chi connectivity index (χ4n) is 5.67. The molecule has 0 aliphatic carbocycles. The molecule has 0 radical (unpaired) electrons. The highest BCUT2D eigenvalue weighted by Crippen LogP contribution is 2.41. The van der Waals surface area contributed by atoms with Crippen LogP contribution in [0.3, 0.4) is 0 Å². The Morgan fingerprint density at radius 2 is 1.67 bits per heavy atom. The molecule has 4 heterocycles. The molecule has 2 aromatic carbocycles. The van der Waals surface area contributed by atoms with Gasteiger partial charge < -0.3 is 4.57 Å². The number of hydrogen-bond acceptors (Lipinski definition) is 2. The predicted octanol–water partition coefficient (Wildman–Crippen LogP) is 6.10. The largest absolute Gasteiger partial charge is 0.339 e. The summed E-state index contributed by atoms with van der Waals surface area (Å²) in [4.78, 5) is 7.69. The quantitative estimate of drug-likeness (QED) is 0.418. The lowest BCUT2D eigenvalue weighted by Gasteiger charge is -2.26. The van der Waals surface area contributed by atoms with Gasteiger partial charge in [0.2, 0.25) is 0 Å². The summed E-state index contributed by atoms with van der Waals surface area (Å²) in [7, 11) is 0. The van der Waals surface area contributed by atoms with Gasteiger partial charge in [-0.15, -0.1) is 0 Å². The number of aromatic nitrogens is 2. The fraction of sp³-hybridized carbons (Fsp3) is 0.370. The van der Waals surface area contributed by atoms with Crippen molar-refractivity contribution in [2.24, 2.45) is 0 Å². The maximum atomic E-state index is 5.09. The minimum absolute atomic E-state index is 1.07. The number of pyridine rings is 1. The molecule has 0 amide bonds. The normalized spacial score (nSPS) is 17.1. The Balaban J connectivity index is 1.48. The third-order valence-corrected chi connectivity index (χ3v) is 7.05. The van der Waals surface area contributed by atoms with E-state index in [2.05, 4.69) is 64.9 Å². The van der Waals surface area contributed by atoms with Gasteiger partial charge in [0, 0.05) is 40.6 Å². The first kappa shape index (κ1) is 18.1. The molecule has 0 unspecified atom stereocenters. The van der Waals surface area contributed by atoms with Gasteiger partial charge in [-0.3, -0.25) is 9.88 Å². The first-order valence-electron chi connectivity index (χ1n) is 11.5. The maximum Gasteiger partial charge on any atom is 0.0717 e. The summed E-state index contributed by atoms with van der Waals surface area (Å²) in [6.45, 7) is 6.84. The second kappa shape index (κ2) is 7.24. The molecule has 6 rings (SSSR count). The number of rotatable bonds is 3. The van der Waals surface area contributed by atoms with E-state index < -0.39 is 0 Å². The molecule has 2 aliphatic rings. The van der Waals surface area contributed by atoms with Gasteiger partial charge in [-0.05, 0) is 62.9 Å². The Kier molecular flexibility index (Phi) is 4.38. The molecule has 3 heteroatoms. The zero-order valence-corrected chi connectivity index (χ0v) is 17.8. The summed E-state index contributed by atoms with van der Waals surface area (Å²) in [6.07, 6.45) is 6.34. The van der Waals surface area contributed by atoms with Crippen molar-refractivity contribution in [1.29, 1.82) is 0 Å². The van der Waals surface area contributed by atoms with Crippen molar-refractivity contribution >= 4 is 21.8 Å². The van der Waals surface area contributed by atoms with E-state index in [0.29, 0.717) is 0 Å². The van der Waals surface area contributed by atoms with Gasteiger partial charge in [0.05, 0.1) is 11.2 Å². The minimum Gasteiger partial charge on any atom is -0.339 e. The highest BCUT2D eigenvalue weighted by atomic mass is 15.1. The number of benzene rings is 2. The van der Waals surface area contributed by atoms with Crippen LogP contribution in [0.2, 0.25) is 0 Å². The van der Waals surface area contributed by atoms with E-state index in [1.54, 1.807) is 0 Å². The van der Waals surface area contributed by atoms with Crippen LogP contribution in [-0.2, 0) is 19.5 Å². The first-order chi connectivity index (χ1) is 14.8. The lowest BCUT2D eigenvalue weighted by molar-refractivity contribution is 0.221. The van der Waals surface area contributed by atoms with E-state index in [1.165, 1.54) is 83.0 Å². The summed E-state index contributed by atoms with van der Waals surface area (Å²) >= 11 is 0. The second-order valence-corrected chi connectivity index (χ2v) is 9.05. The summed E-state index contributed by atoms with van der Waals surface area (Å²) in [5.41, 5.74) is 9.17. The molecule has 1 fully saturated rings. The van der Waals surface area contributed by atoms with Crippen LogP contribution in [0.1, 0.15) is 42.6 Å². The van der Waals surface area contributed by atoms with Crippen molar-refractivity contribution in [1.82, 2.24) is 14.5 Å². The number of fused-ring (bicyclic) bond motifs is 3. The van der Waals surface area contributed by atoms with Crippen molar-refractivity contribution in [2.75, 3.05) is 13.1 Å². The monoisotopic (exact) mass is 395 g/mol. The third kappa shape index (κ3) is 2.87. The van der Waals surface area contributed by atoms with Crippen LogP contribution < -0.4 is 0 Å². The SMILES string of the molecule is Cc1nc2c3c(c1-c1ccc(CN4CCCCC4)cc1)c1ccccc1n3CCC2. The van der Waals surface area contributed by atoms with Crippen LogP contribution in [0.4, 0.5) is 0 Å². The van der Waals surface area contributed by atoms with E-state index in [4.69, 9.17) is 4.98 Å². The lowest BCUT2D eigenvalue weighted by Crippen LogP contribution is -2.28. The van der Waals surface area contributed by atoms with Gasteiger partial charge in [0.1, 0.15) is 0 Å². The first-order valence-corrected chi connectivity index (χ1v) is 11.5. The van der Waals surface area contributed by atoms with E-state index in [9.17, 15) is 0 Å². The molecule has 2 aromatic heterocycles. The summed E-state index contributed by atoms with van der Waals surface area (Å²) in [6, 6.07) is 18.2. The zero-order valence-electron chi connectivity index (χ0n) is 17.8. The number of piperidine rings is 1. The molecule has 152 valence electrons. The molecule has 0 bridgehead atoms. The zero-order chi connectivity index (χ0) is 20.1. The third-order valence-electron chi connectivity index (χ3n) is 7.05. The summed E-state index contributed by atoms with van der Waals surface area (Å²) in [5.74, 6) is 0. The number of aryl methyl sites for hydroxylation is 3. The Bertz CT molecular complexity index is 1230. The van der Waals surface area contributed by atoms with Gasteiger partial charge in [0.15, 0.2) is 0 Å². The number of likely N-dealkylation sites (tertiary alicyclic amines) is 1. The minimum atomic E-state index is 1.07. The lowest BCUT2D eigenvalue weighted by atomic mass is 9.95. The molecule has 0 spiro atoms. The van der Waals surface area contributed by atoms with Gasteiger partial charge in [0.25, 0.3) is 0 Å². The highest BCUT2D eigenvalue weighted by molar-refractivity contribution is 6.16. The molecular weight excluding hydrogens is 366 g/mol. The molecule has 3 nitrogen and oxygen atoms in total. The number of hydrogen-bond donors (Lipinski definition) is 0. The van der Waals surface area contributed by atoms with Gasteiger partial charge in [-0.25, -0.2) is 0 Å². The molecular formula is C27H29N3. The van der Waals surface area contributed by atoms with Gasteiger partial charge >= 0.3 is 0 Å². The summed E-state index contributed by atoms with van der Waals surface area (Å²) < 4.78 is 2.50. The number of nitrogens with zero attached hydrogens (tertiary/aromatic N) is 3. The van der Waals surface area contributed by atoms with E-state index in [0.717, 1.165) is 25.2 Å². The Labute approximate surface area is 178 Å². The van der Waals surface area contributed by atoms with E-state index in [1.807, 2.05) is 0 Å². The molecule has 1 saturated heterocycles. The number of para-hydroxylation sites is 1. The molecule has 0 N–H and O–H groups in total. The van der Waals surface area contributed by atoms with Crippen LogP contribution >= 0.6 is 0 Å². The van der Waals surface area contributed by atoms with Crippen molar-refractivity contribution in [3.63, 3.8) is 0 Å². The van der Waals surface area contributed by atoms with E-state index >= 15 is 0 Å². The molecule has 2 aliphatic heterocycles. The highest BCUT2D eigenvalue weighted by Gasteiger charge is 2.23. The Morgan fingerprint density at radius 1 is 0.867 bits per heavy atom. The van der Waals surface area contributed by atoms with Crippen LogP contribution in [0.15, 0.2) is 48.5 Å². The van der Waals surface area contributed by atoms with Crippen LogP contribution in [0.5, 0.6) is 0 Å². The van der Waals surface area contributed by atoms with Crippen molar-refractivity contribution in [3.8, 4) is 11.1 Å². The van der Waals surface area contributed by atoms with Crippen LogP contribution in [-0.4, -0.2) is 27.5 Å². The average molecular weight is 396 g/mol. The second-order valence-electron chi connectivity index (χ2n) is 9.05. The van der Waals surface area contributed by atoms with Crippen molar-refractivity contribution in [2.45, 2.75) is 52.1 Å². The molecule has 0 atom stereocenters. The maximum absolute atomic E-state index is 5.09. The average Bonchev–Trinajstić information content (AvgIpc) is 3.12. The standard InChI is InChI=1S/C27H29N3/c1-19-25(21-13-11-20(12-14-21)18-29-15-5-2-6-16-29)26-22-8-3-4-10-24(22)30-17-7-9-23(28-19)27(26)30/h3-4,8,10-14H,2,5-7,9,15-18H2,1H3. The van der Waals surface area contributed by atoms with Gasteiger partial charge in [-0.1, -0.05) is 48.9 Å². The van der Waals surface area contributed by atoms with Crippen LogP contribution in [0, 0.1) is 6.92 Å². The van der Waals surface area contributed by atoms with Crippen molar-refractivity contribution in [3.05, 3.63) is 65.5 Å². The van der Waals surface area contributed by atoms with Crippen molar-refractivity contribution < 1.29 is 0 Å². The summed E-state index contributed by atoms with van der Waals surface area (Å²) in [5, 5.41) is 2.77. The fourth-order valence-corrected chi connectivity index (χ4v) is 5.67. The van der Waals surface area contributed by atoms with Crippen LogP contribution in [0.25, 0.3) is 32.9 Å². The molecule has 0 saturated carbocycles.